The summed E-state index contributed by atoms with van der Waals surface area (Å²) < 4.78 is 40.8. The monoisotopic (exact) mass is 414 g/mol. The number of benzene rings is 1. The first-order valence-electron chi connectivity index (χ1n) is 9.10. The maximum Gasteiger partial charge on any atom is 0.407 e. The molecule has 0 fully saturated rings. The van der Waals surface area contributed by atoms with E-state index in [1.165, 1.54) is 18.2 Å². The zero-order chi connectivity index (χ0) is 21.7. The summed E-state index contributed by atoms with van der Waals surface area (Å²) in [7, 11) is -1.48. The molecular formula is C20H31FN2O4S. The molecule has 158 valence electrons. The second-order valence-corrected chi connectivity index (χ2v) is 10.4. The molecule has 0 aliphatic heterocycles. The summed E-state index contributed by atoms with van der Waals surface area (Å²) in [5, 5.41) is 2.63. The minimum Gasteiger partial charge on any atom is -0.488 e. The lowest BCUT2D eigenvalue weighted by Crippen LogP contribution is -2.37. The van der Waals surface area contributed by atoms with Gasteiger partial charge in [0, 0.05) is 5.56 Å². The van der Waals surface area contributed by atoms with Gasteiger partial charge in [-0.15, -0.1) is 0 Å². The van der Waals surface area contributed by atoms with E-state index in [2.05, 4.69) is 9.71 Å². The summed E-state index contributed by atoms with van der Waals surface area (Å²) in [6, 6.07) is 4.07. The van der Waals surface area contributed by atoms with Crippen LogP contribution in [0.3, 0.4) is 0 Å². The number of amides is 1. The van der Waals surface area contributed by atoms with Gasteiger partial charge in [-0.2, -0.15) is 4.40 Å². The highest BCUT2D eigenvalue weighted by Crippen LogP contribution is 2.23. The SMILES string of the molecule is C/C(=N\S(=O)C(C)(C)C)c1cc(F)ccc1O[C@@H](C)CNC(=O)OC(C)(C)C. The molecule has 8 heteroatoms. The first-order valence-corrected chi connectivity index (χ1v) is 10.2. The van der Waals surface area contributed by atoms with Crippen LogP contribution >= 0.6 is 0 Å². The molecule has 0 aliphatic rings. The normalized spacial score (nSPS) is 15.0. The average Bonchev–Trinajstić information content (AvgIpc) is 2.52. The third kappa shape index (κ3) is 8.37. The van der Waals surface area contributed by atoms with Gasteiger partial charge in [0.2, 0.25) is 0 Å². The largest absolute Gasteiger partial charge is 0.488 e. The Balaban J connectivity index is 2.91. The average molecular weight is 415 g/mol. The second-order valence-electron chi connectivity index (χ2n) is 8.49. The molecule has 0 saturated heterocycles. The number of carbonyl (C=O) groups excluding carboxylic acids is 1. The van der Waals surface area contributed by atoms with Crippen molar-refractivity contribution in [2.75, 3.05) is 6.54 Å². The van der Waals surface area contributed by atoms with Crippen LogP contribution in [0.25, 0.3) is 0 Å². The van der Waals surface area contributed by atoms with Crippen LogP contribution in [0.1, 0.15) is 61.0 Å². The summed E-state index contributed by atoms with van der Waals surface area (Å²) in [6.07, 6.45) is -0.946. The Morgan fingerprint density at radius 3 is 2.39 bits per heavy atom. The van der Waals surface area contributed by atoms with Crippen LogP contribution in [0.15, 0.2) is 22.6 Å². The fraction of sp³-hybridized carbons (Fsp3) is 0.600. The van der Waals surface area contributed by atoms with Gasteiger partial charge in [-0.1, -0.05) is 0 Å². The maximum atomic E-state index is 13.8. The molecule has 1 aromatic rings. The Morgan fingerprint density at radius 1 is 1.25 bits per heavy atom. The van der Waals surface area contributed by atoms with Gasteiger partial charge in [0.15, 0.2) is 0 Å². The van der Waals surface area contributed by atoms with Crippen molar-refractivity contribution in [2.24, 2.45) is 4.40 Å². The van der Waals surface area contributed by atoms with E-state index in [1.807, 2.05) is 20.8 Å². The van der Waals surface area contributed by atoms with Gasteiger partial charge in [0.05, 0.1) is 17.0 Å². The molecule has 1 rings (SSSR count). The quantitative estimate of drug-likeness (QED) is 0.701. The highest BCUT2D eigenvalue weighted by Gasteiger charge is 2.21. The van der Waals surface area contributed by atoms with Crippen molar-refractivity contribution in [2.45, 2.75) is 71.8 Å². The molecule has 0 bridgehead atoms. The van der Waals surface area contributed by atoms with Gasteiger partial charge < -0.3 is 14.8 Å². The molecule has 0 spiro atoms. The molecule has 1 unspecified atom stereocenters. The third-order valence-electron chi connectivity index (χ3n) is 3.34. The molecule has 6 nitrogen and oxygen atoms in total. The maximum absolute atomic E-state index is 13.8. The zero-order valence-corrected chi connectivity index (χ0v) is 18.7. The van der Waals surface area contributed by atoms with Crippen LogP contribution in [-0.2, 0) is 15.7 Å². The zero-order valence-electron chi connectivity index (χ0n) is 17.9. The van der Waals surface area contributed by atoms with Gasteiger partial charge in [0.1, 0.15) is 34.3 Å². The van der Waals surface area contributed by atoms with Crippen molar-refractivity contribution >= 4 is 22.8 Å². The summed E-state index contributed by atoms with van der Waals surface area (Å²) in [5.41, 5.74) is 0.242. The number of rotatable bonds is 6. The molecule has 0 heterocycles. The highest BCUT2D eigenvalue weighted by molar-refractivity contribution is 7.85. The number of carbonyl (C=O) groups is 1. The van der Waals surface area contributed by atoms with Crippen molar-refractivity contribution in [1.82, 2.24) is 5.32 Å². The standard InChI is InChI=1S/C20H31FN2O4S/c1-13(12-22-18(24)27-19(3,4)5)26-17-10-9-15(21)11-16(17)14(2)23-28(25)20(6,7)8/h9-11,13H,12H2,1-8H3,(H,22,24)/b23-14+/t13-,28?/m0/s1. The Morgan fingerprint density at radius 2 is 1.86 bits per heavy atom. The van der Waals surface area contributed by atoms with Crippen LogP contribution in [0, 0.1) is 5.82 Å². The number of halogens is 1. The summed E-state index contributed by atoms with van der Waals surface area (Å²) in [6.45, 7) is 14.4. The van der Waals surface area contributed by atoms with Crippen molar-refractivity contribution in [3.63, 3.8) is 0 Å². The Labute approximate surface area is 169 Å². The van der Waals surface area contributed by atoms with Gasteiger partial charge in [-0.3, -0.25) is 0 Å². The summed E-state index contributed by atoms with van der Waals surface area (Å²) >= 11 is 0. The molecule has 28 heavy (non-hydrogen) atoms. The molecule has 2 atom stereocenters. The number of nitrogens with zero attached hydrogens (tertiary/aromatic N) is 1. The van der Waals surface area contributed by atoms with E-state index < -0.39 is 39.3 Å². The summed E-state index contributed by atoms with van der Waals surface area (Å²) in [4.78, 5) is 11.8. The molecule has 0 saturated carbocycles. The van der Waals surface area contributed by atoms with E-state index in [4.69, 9.17) is 9.47 Å². The van der Waals surface area contributed by atoms with Crippen molar-refractivity contribution < 1.29 is 22.9 Å². The lowest BCUT2D eigenvalue weighted by atomic mass is 10.1. The minimum absolute atomic E-state index is 0.204. The van der Waals surface area contributed by atoms with E-state index >= 15 is 0 Å². The topological polar surface area (TPSA) is 77.0 Å². The molecule has 1 N–H and O–H groups in total. The molecule has 0 radical (unpaired) electrons. The van der Waals surface area contributed by atoms with Gasteiger partial charge >= 0.3 is 6.09 Å². The van der Waals surface area contributed by atoms with E-state index in [9.17, 15) is 13.4 Å². The van der Waals surface area contributed by atoms with Gasteiger partial charge in [0.25, 0.3) is 0 Å². The van der Waals surface area contributed by atoms with Crippen molar-refractivity contribution in [1.29, 1.82) is 0 Å². The van der Waals surface area contributed by atoms with Gasteiger partial charge in [-0.05, 0) is 73.6 Å². The van der Waals surface area contributed by atoms with Crippen LogP contribution in [0.4, 0.5) is 9.18 Å². The Kier molecular flexibility index (Phi) is 8.16. The van der Waals surface area contributed by atoms with E-state index in [0.29, 0.717) is 17.0 Å². The van der Waals surface area contributed by atoms with E-state index in [-0.39, 0.29) is 6.54 Å². The smallest absolute Gasteiger partial charge is 0.407 e. The lowest BCUT2D eigenvalue weighted by molar-refractivity contribution is 0.0505. The number of ether oxygens (including phenoxy) is 2. The first-order chi connectivity index (χ1) is 12.7. The minimum atomic E-state index is -1.48. The van der Waals surface area contributed by atoms with E-state index in [1.54, 1.807) is 34.6 Å². The number of alkyl carbamates (subject to hydrolysis) is 1. The Hall–Kier alpha value is -1.96. The molecule has 0 aromatic heterocycles. The lowest BCUT2D eigenvalue weighted by Gasteiger charge is -2.22. The summed E-state index contributed by atoms with van der Waals surface area (Å²) in [5.74, 6) is -0.0509. The van der Waals surface area contributed by atoms with Crippen molar-refractivity contribution in [3.05, 3.63) is 29.6 Å². The number of hydrogen-bond acceptors (Lipinski definition) is 4. The van der Waals surface area contributed by atoms with Crippen molar-refractivity contribution in [3.8, 4) is 5.75 Å². The number of nitrogens with one attached hydrogen (secondary N) is 1. The fourth-order valence-corrected chi connectivity index (χ4v) is 2.62. The predicted molar refractivity (Wildman–Crippen MR) is 111 cm³/mol. The molecular weight excluding hydrogens is 383 g/mol. The molecule has 1 aromatic carbocycles. The van der Waals surface area contributed by atoms with Crippen LogP contribution in [-0.4, -0.2) is 39.0 Å². The molecule has 1 amide bonds. The molecule has 0 aliphatic carbocycles. The number of hydrogen-bond donors (Lipinski definition) is 1. The second kappa shape index (κ2) is 9.49. The van der Waals surface area contributed by atoms with Crippen LogP contribution in [0.2, 0.25) is 0 Å². The van der Waals surface area contributed by atoms with Crippen LogP contribution in [0.5, 0.6) is 5.75 Å². The first kappa shape index (κ1) is 24.1. The van der Waals surface area contributed by atoms with Gasteiger partial charge in [-0.25, -0.2) is 13.4 Å². The predicted octanol–water partition coefficient (Wildman–Crippen LogP) is 4.39. The highest BCUT2D eigenvalue weighted by atomic mass is 32.2. The Bertz CT molecular complexity index is 752. The third-order valence-corrected chi connectivity index (χ3v) is 4.82. The van der Waals surface area contributed by atoms with Crippen LogP contribution < -0.4 is 10.1 Å². The van der Waals surface area contributed by atoms with E-state index in [0.717, 1.165) is 0 Å². The fourth-order valence-electron chi connectivity index (χ4n) is 2.00.